The van der Waals surface area contributed by atoms with Crippen molar-refractivity contribution in [2.45, 2.75) is 31.3 Å². The van der Waals surface area contributed by atoms with E-state index in [2.05, 4.69) is 0 Å². The Balaban J connectivity index is 2.35. The molecule has 0 heterocycles. The van der Waals surface area contributed by atoms with E-state index in [0.717, 1.165) is 16.9 Å². The number of carbonyl (C=O) groups excluding carboxylic acids is 1. The molecule has 0 aliphatic carbocycles. The van der Waals surface area contributed by atoms with Gasteiger partial charge in [0.1, 0.15) is 5.60 Å². The fourth-order valence-electron chi connectivity index (χ4n) is 0.825. The lowest BCUT2D eigenvalue weighted by Gasteiger charge is -2.17. The van der Waals surface area contributed by atoms with Crippen LogP contribution in [0.1, 0.15) is 20.8 Å². The Morgan fingerprint density at radius 3 is 2.33 bits per heavy atom. The predicted molar refractivity (Wildman–Crippen MR) is 59.6 cm³/mol. The van der Waals surface area contributed by atoms with Crippen LogP contribution < -0.4 is 0 Å². The van der Waals surface area contributed by atoms with E-state index < -0.39 is 11.8 Å². The molecule has 0 aromatic heterocycles. The molecule has 0 amide bonds. The summed E-state index contributed by atoms with van der Waals surface area (Å²) >= 11 is 0.995. The fraction of sp³-hybridized carbons (Fsp3) is 0.364. The monoisotopic (exact) mass is 226 g/mol. The molecule has 0 unspecified atom stereocenters. The summed E-state index contributed by atoms with van der Waals surface area (Å²) in [7, 11) is 0. The van der Waals surface area contributed by atoms with Gasteiger partial charge in [-0.1, -0.05) is 18.2 Å². The quantitative estimate of drug-likeness (QED) is 0.569. The van der Waals surface area contributed by atoms with Gasteiger partial charge in [-0.3, -0.25) is 0 Å². The first kappa shape index (κ1) is 11.9. The molecule has 1 aromatic carbocycles. The van der Waals surface area contributed by atoms with Crippen molar-refractivity contribution < 1.29 is 13.7 Å². The van der Waals surface area contributed by atoms with E-state index in [0.29, 0.717) is 0 Å². The third-order valence-corrected chi connectivity index (χ3v) is 2.02. The van der Waals surface area contributed by atoms with Crippen molar-refractivity contribution in [3.8, 4) is 0 Å². The van der Waals surface area contributed by atoms with Gasteiger partial charge in [-0.25, -0.2) is 4.79 Å². The minimum atomic E-state index is -0.670. The van der Waals surface area contributed by atoms with Crippen LogP contribution in [0.2, 0.25) is 0 Å². The van der Waals surface area contributed by atoms with E-state index in [1.54, 1.807) is 20.8 Å². The second-order valence-corrected chi connectivity index (χ2v) is 4.75. The lowest BCUT2D eigenvalue weighted by Crippen LogP contribution is -2.23. The van der Waals surface area contributed by atoms with Gasteiger partial charge in [0.2, 0.25) is 0 Å². The van der Waals surface area contributed by atoms with Gasteiger partial charge in [-0.2, -0.15) is 0 Å². The van der Waals surface area contributed by atoms with Crippen molar-refractivity contribution in [1.82, 2.24) is 0 Å². The molecule has 1 aromatic rings. The van der Waals surface area contributed by atoms with E-state index in [1.165, 1.54) is 0 Å². The van der Waals surface area contributed by atoms with Gasteiger partial charge in [0.15, 0.2) is 0 Å². The summed E-state index contributed by atoms with van der Waals surface area (Å²) in [5, 5.41) is 0. The highest BCUT2D eigenvalue weighted by Gasteiger charge is 2.17. The zero-order valence-corrected chi connectivity index (χ0v) is 9.84. The number of benzene rings is 1. The van der Waals surface area contributed by atoms with Crippen LogP contribution in [-0.4, -0.2) is 11.8 Å². The molecule has 0 atom stereocenters. The minimum Gasteiger partial charge on any atom is -0.428 e. The van der Waals surface area contributed by atoms with E-state index in [4.69, 9.17) is 8.92 Å². The van der Waals surface area contributed by atoms with Crippen LogP contribution in [0.3, 0.4) is 0 Å². The van der Waals surface area contributed by atoms with Crippen molar-refractivity contribution in [3.63, 3.8) is 0 Å². The number of rotatable bonds is 2. The number of ether oxygens (including phenoxy) is 1. The van der Waals surface area contributed by atoms with Crippen molar-refractivity contribution in [1.29, 1.82) is 0 Å². The molecule has 4 heteroatoms. The molecule has 0 fully saturated rings. The molecular formula is C11H14O3S. The molecule has 3 nitrogen and oxygen atoms in total. The summed E-state index contributed by atoms with van der Waals surface area (Å²) in [4.78, 5) is 12.0. The predicted octanol–water partition coefficient (Wildman–Crippen LogP) is 3.65. The van der Waals surface area contributed by atoms with Gasteiger partial charge in [-0.05, 0) is 32.9 Å². The van der Waals surface area contributed by atoms with Gasteiger partial charge >= 0.3 is 6.16 Å². The summed E-state index contributed by atoms with van der Waals surface area (Å²) in [5.74, 6) is 0. The Hall–Kier alpha value is -1.16. The first-order valence-electron chi connectivity index (χ1n) is 4.60. The molecule has 0 saturated heterocycles. The summed E-state index contributed by atoms with van der Waals surface area (Å²) in [6.45, 7) is 5.38. The highest BCUT2D eigenvalue weighted by atomic mass is 32.2. The molecule has 0 saturated carbocycles. The molecular weight excluding hydrogens is 212 g/mol. The van der Waals surface area contributed by atoms with E-state index in [-0.39, 0.29) is 0 Å². The van der Waals surface area contributed by atoms with Crippen LogP contribution in [-0.2, 0) is 8.92 Å². The van der Waals surface area contributed by atoms with Crippen LogP contribution >= 0.6 is 12.0 Å². The number of hydrogen-bond donors (Lipinski definition) is 0. The maximum absolute atomic E-state index is 11.2. The Kier molecular flexibility index (Phi) is 4.03. The lowest BCUT2D eigenvalue weighted by molar-refractivity contribution is 0.0249. The molecule has 15 heavy (non-hydrogen) atoms. The highest BCUT2D eigenvalue weighted by Crippen LogP contribution is 2.20. The van der Waals surface area contributed by atoms with Crippen LogP contribution in [0.5, 0.6) is 0 Å². The van der Waals surface area contributed by atoms with Crippen molar-refractivity contribution >= 4 is 18.2 Å². The van der Waals surface area contributed by atoms with Gasteiger partial charge < -0.3 is 8.92 Å². The van der Waals surface area contributed by atoms with Crippen LogP contribution in [0, 0.1) is 0 Å². The van der Waals surface area contributed by atoms with Crippen molar-refractivity contribution in [2.75, 3.05) is 0 Å². The molecule has 0 aliphatic heterocycles. The molecule has 1 rings (SSSR count). The fourth-order valence-corrected chi connectivity index (χ4v) is 1.29. The summed E-state index contributed by atoms with van der Waals surface area (Å²) in [6, 6.07) is 9.36. The Morgan fingerprint density at radius 2 is 1.80 bits per heavy atom. The molecule has 0 spiro atoms. The largest absolute Gasteiger partial charge is 0.521 e. The zero-order valence-electron chi connectivity index (χ0n) is 9.02. The van der Waals surface area contributed by atoms with Gasteiger partial charge in [-0.15, -0.1) is 0 Å². The Bertz CT molecular complexity index is 316. The summed E-state index contributed by atoms with van der Waals surface area (Å²) in [6.07, 6.45) is -0.670. The average molecular weight is 226 g/mol. The molecule has 0 bridgehead atoms. The van der Waals surface area contributed by atoms with E-state index in [9.17, 15) is 4.79 Å². The molecule has 82 valence electrons. The van der Waals surface area contributed by atoms with Crippen LogP contribution in [0.25, 0.3) is 0 Å². The Morgan fingerprint density at radius 1 is 1.20 bits per heavy atom. The molecule has 0 aliphatic rings. The van der Waals surface area contributed by atoms with Crippen LogP contribution in [0.4, 0.5) is 4.79 Å². The first-order chi connectivity index (χ1) is 6.97. The second-order valence-electron chi connectivity index (χ2n) is 3.94. The SMILES string of the molecule is CC(C)(C)OC(=O)OSc1ccccc1. The van der Waals surface area contributed by atoms with Crippen molar-refractivity contribution in [2.24, 2.45) is 0 Å². The Labute approximate surface area is 94.0 Å². The topological polar surface area (TPSA) is 35.5 Å². The smallest absolute Gasteiger partial charge is 0.428 e. The lowest BCUT2D eigenvalue weighted by atomic mass is 10.2. The van der Waals surface area contributed by atoms with Gasteiger partial charge in [0, 0.05) is 4.90 Å². The maximum Gasteiger partial charge on any atom is 0.521 e. The third kappa shape index (κ3) is 5.32. The normalized spacial score (nSPS) is 10.9. The van der Waals surface area contributed by atoms with E-state index in [1.807, 2.05) is 30.3 Å². The third-order valence-electron chi connectivity index (χ3n) is 1.34. The molecule has 0 N–H and O–H groups in total. The van der Waals surface area contributed by atoms with Gasteiger partial charge in [0.05, 0.1) is 12.0 Å². The van der Waals surface area contributed by atoms with Crippen molar-refractivity contribution in [3.05, 3.63) is 30.3 Å². The zero-order chi connectivity index (χ0) is 11.3. The first-order valence-corrected chi connectivity index (χ1v) is 5.34. The summed E-state index contributed by atoms with van der Waals surface area (Å²) in [5.41, 5.74) is -0.520. The molecule has 0 radical (unpaired) electrons. The maximum atomic E-state index is 11.2. The number of carbonyl (C=O) groups is 1. The second kappa shape index (κ2) is 5.07. The van der Waals surface area contributed by atoms with Crippen LogP contribution in [0.15, 0.2) is 35.2 Å². The minimum absolute atomic E-state index is 0.520. The summed E-state index contributed by atoms with van der Waals surface area (Å²) < 4.78 is 9.84. The standard InChI is InChI=1S/C11H14O3S/c1-11(2,3)13-10(12)14-15-9-7-5-4-6-8-9/h4-8H,1-3H3. The average Bonchev–Trinajstić information content (AvgIpc) is 2.14. The number of hydrogen-bond acceptors (Lipinski definition) is 4. The van der Waals surface area contributed by atoms with E-state index >= 15 is 0 Å². The highest BCUT2D eigenvalue weighted by molar-refractivity contribution is 7.95. The van der Waals surface area contributed by atoms with Gasteiger partial charge in [0.25, 0.3) is 0 Å².